The van der Waals surface area contributed by atoms with Gasteiger partial charge in [0, 0.05) is 4.47 Å². The average molecular weight is 304 g/mol. The molecule has 84 valence electrons. The third-order valence-electron chi connectivity index (χ3n) is 1.99. The van der Waals surface area contributed by atoms with Gasteiger partial charge >= 0.3 is 0 Å². The number of nitrogens with zero attached hydrogens (tertiary/aromatic N) is 2. The third-order valence-corrected chi connectivity index (χ3v) is 2.92. The Morgan fingerprint density at radius 3 is 2.94 bits per heavy atom. The summed E-state index contributed by atoms with van der Waals surface area (Å²) >= 11 is 9.02. The number of methoxy groups -OCH3 is 1. The number of rotatable bonds is 3. The molecule has 0 N–H and O–H groups in total. The Hall–Kier alpha value is -1.07. The van der Waals surface area contributed by atoms with Gasteiger partial charge in [0.2, 0.25) is 0 Å². The first-order valence-corrected chi connectivity index (χ1v) is 5.80. The lowest BCUT2D eigenvalue weighted by molar-refractivity contribution is 0.412. The normalized spacial score (nSPS) is 10.4. The van der Waals surface area contributed by atoms with Crippen molar-refractivity contribution < 1.29 is 9.26 Å². The second kappa shape index (κ2) is 4.84. The summed E-state index contributed by atoms with van der Waals surface area (Å²) in [6.45, 7) is 0. The molecule has 0 atom stereocenters. The van der Waals surface area contributed by atoms with Crippen molar-refractivity contribution in [1.82, 2.24) is 10.1 Å². The fourth-order valence-corrected chi connectivity index (χ4v) is 1.74. The molecule has 4 nitrogen and oxygen atoms in total. The lowest BCUT2D eigenvalue weighted by Crippen LogP contribution is -1.86. The molecular formula is C10H8BrClN2O2. The largest absolute Gasteiger partial charge is 0.497 e. The van der Waals surface area contributed by atoms with Crippen LogP contribution in [0.1, 0.15) is 5.82 Å². The molecule has 1 heterocycles. The van der Waals surface area contributed by atoms with Gasteiger partial charge in [-0.3, -0.25) is 0 Å². The molecule has 0 unspecified atom stereocenters. The number of halogens is 2. The Morgan fingerprint density at radius 2 is 2.31 bits per heavy atom. The molecule has 16 heavy (non-hydrogen) atoms. The van der Waals surface area contributed by atoms with Crippen molar-refractivity contribution in [3.05, 3.63) is 28.5 Å². The lowest BCUT2D eigenvalue weighted by Gasteiger charge is -2.02. The molecule has 1 aromatic carbocycles. The predicted molar refractivity (Wildman–Crippen MR) is 63.5 cm³/mol. The van der Waals surface area contributed by atoms with Crippen LogP contribution in [0.5, 0.6) is 5.75 Å². The smallest absolute Gasteiger partial charge is 0.259 e. The van der Waals surface area contributed by atoms with E-state index >= 15 is 0 Å². The van der Waals surface area contributed by atoms with Gasteiger partial charge in [-0.2, -0.15) is 4.98 Å². The topological polar surface area (TPSA) is 48.2 Å². The van der Waals surface area contributed by atoms with Crippen LogP contribution in [0.4, 0.5) is 0 Å². The monoisotopic (exact) mass is 302 g/mol. The van der Waals surface area contributed by atoms with Crippen molar-refractivity contribution in [2.75, 3.05) is 7.11 Å². The second-order valence-electron chi connectivity index (χ2n) is 3.00. The van der Waals surface area contributed by atoms with Crippen LogP contribution in [-0.4, -0.2) is 17.3 Å². The van der Waals surface area contributed by atoms with E-state index in [0.29, 0.717) is 11.7 Å². The maximum atomic E-state index is 5.60. The molecule has 0 aliphatic heterocycles. The quantitative estimate of drug-likeness (QED) is 0.817. The summed E-state index contributed by atoms with van der Waals surface area (Å²) in [5.41, 5.74) is 0.781. The van der Waals surface area contributed by atoms with Crippen molar-refractivity contribution in [3.8, 4) is 17.2 Å². The van der Waals surface area contributed by atoms with Crippen molar-refractivity contribution in [2.45, 2.75) is 5.88 Å². The summed E-state index contributed by atoms with van der Waals surface area (Å²) in [4.78, 5) is 4.14. The van der Waals surface area contributed by atoms with Crippen LogP contribution < -0.4 is 4.74 Å². The molecular weight excluding hydrogens is 295 g/mol. The van der Waals surface area contributed by atoms with Gasteiger partial charge in [0.25, 0.3) is 5.89 Å². The average Bonchev–Trinajstić information content (AvgIpc) is 2.78. The van der Waals surface area contributed by atoms with Crippen LogP contribution >= 0.6 is 27.5 Å². The van der Waals surface area contributed by atoms with E-state index < -0.39 is 0 Å². The minimum atomic E-state index is 0.227. The van der Waals surface area contributed by atoms with Crippen molar-refractivity contribution in [2.24, 2.45) is 0 Å². The maximum absolute atomic E-state index is 5.60. The highest BCUT2D eigenvalue weighted by Gasteiger charge is 2.12. The molecule has 1 aromatic heterocycles. The second-order valence-corrected chi connectivity index (χ2v) is 4.12. The highest BCUT2D eigenvalue weighted by Crippen LogP contribution is 2.30. The summed E-state index contributed by atoms with van der Waals surface area (Å²) in [5, 5.41) is 3.73. The van der Waals surface area contributed by atoms with Crippen molar-refractivity contribution in [1.29, 1.82) is 0 Å². The minimum Gasteiger partial charge on any atom is -0.497 e. The minimum absolute atomic E-state index is 0.227. The fourth-order valence-electron chi connectivity index (χ4n) is 1.21. The molecule has 0 aliphatic rings. The summed E-state index contributed by atoms with van der Waals surface area (Å²) in [5.74, 6) is 1.84. The summed E-state index contributed by atoms with van der Waals surface area (Å²) in [6, 6.07) is 5.51. The van der Waals surface area contributed by atoms with E-state index in [2.05, 4.69) is 26.1 Å². The highest BCUT2D eigenvalue weighted by molar-refractivity contribution is 9.10. The molecule has 0 fully saturated rings. The van der Waals surface area contributed by atoms with Crippen LogP contribution in [0, 0.1) is 0 Å². The van der Waals surface area contributed by atoms with E-state index in [9.17, 15) is 0 Å². The van der Waals surface area contributed by atoms with Gasteiger partial charge in [0.05, 0.1) is 18.6 Å². The van der Waals surface area contributed by atoms with Gasteiger partial charge in [0.15, 0.2) is 5.82 Å². The predicted octanol–water partition coefficient (Wildman–Crippen LogP) is 3.25. The molecule has 0 bridgehead atoms. The zero-order valence-corrected chi connectivity index (χ0v) is 10.7. The van der Waals surface area contributed by atoms with Crippen molar-refractivity contribution in [3.63, 3.8) is 0 Å². The van der Waals surface area contributed by atoms with Gasteiger partial charge in [-0.1, -0.05) is 5.16 Å². The zero-order valence-electron chi connectivity index (χ0n) is 8.41. The van der Waals surface area contributed by atoms with E-state index in [1.165, 1.54) is 0 Å². The Morgan fingerprint density at radius 1 is 1.50 bits per heavy atom. The summed E-state index contributed by atoms with van der Waals surface area (Å²) in [6.07, 6.45) is 0. The maximum Gasteiger partial charge on any atom is 0.259 e. The molecule has 0 radical (unpaired) electrons. The van der Waals surface area contributed by atoms with Crippen LogP contribution in [0.15, 0.2) is 27.2 Å². The molecule has 0 saturated heterocycles. The van der Waals surface area contributed by atoms with E-state index in [1.54, 1.807) is 7.11 Å². The Balaban J connectivity index is 2.45. The first kappa shape index (κ1) is 11.4. The van der Waals surface area contributed by atoms with E-state index in [4.69, 9.17) is 20.9 Å². The highest BCUT2D eigenvalue weighted by atomic mass is 79.9. The first-order valence-electron chi connectivity index (χ1n) is 4.47. The summed E-state index contributed by atoms with van der Waals surface area (Å²) < 4.78 is 11.1. The summed E-state index contributed by atoms with van der Waals surface area (Å²) in [7, 11) is 1.60. The molecule has 0 aliphatic carbocycles. The molecule has 2 rings (SSSR count). The van der Waals surface area contributed by atoms with Crippen LogP contribution in [0.2, 0.25) is 0 Å². The van der Waals surface area contributed by atoms with Crippen LogP contribution in [-0.2, 0) is 5.88 Å². The van der Waals surface area contributed by atoms with E-state index in [0.717, 1.165) is 15.8 Å². The Kier molecular flexibility index (Phi) is 3.46. The Labute approximate surface area is 106 Å². The van der Waals surface area contributed by atoms with E-state index in [1.807, 2.05) is 18.2 Å². The van der Waals surface area contributed by atoms with Gasteiger partial charge in [-0.15, -0.1) is 11.6 Å². The Bertz CT molecular complexity index is 501. The number of aromatic nitrogens is 2. The van der Waals surface area contributed by atoms with Gasteiger partial charge in [-0.05, 0) is 34.1 Å². The molecule has 2 aromatic rings. The van der Waals surface area contributed by atoms with Gasteiger partial charge < -0.3 is 9.26 Å². The lowest BCUT2D eigenvalue weighted by atomic mass is 10.2. The van der Waals surface area contributed by atoms with Crippen molar-refractivity contribution >= 4 is 27.5 Å². The molecule has 0 saturated carbocycles. The molecule has 6 heteroatoms. The van der Waals surface area contributed by atoms with E-state index in [-0.39, 0.29) is 5.88 Å². The number of hydrogen-bond acceptors (Lipinski definition) is 4. The standard InChI is InChI=1S/C10H8BrClN2O2/c1-15-6-2-3-8(11)7(4-6)10-13-9(5-12)14-16-10/h2-4H,5H2,1H3. The number of ether oxygens (including phenoxy) is 1. The fraction of sp³-hybridized carbons (Fsp3) is 0.200. The molecule has 0 amide bonds. The SMILES string of the molecule is COc1ccc(Br)c(-c2nc(CCl)no2)c1. The van der Waals surface area contributed by atoms with Crippen LogP contribution in [0.25, 0.3) is 11.5 Å². The zero-order chi connectivity index (χ0) is 11.5. The van der Waals surface area contributed by atoms with Gasteiger partial charge in [-0.25, -0.2) is 0 Å². The molecule has 0 spiro atoms. The number of hydrogen-bond donors (Lipinski definition) is 0. The first-order chi connectivity index (χ1) is 7.74. The third kappa shape index (κ3) is 2.20. The van der Waals surface area contributed by atoms with Gasteiger partial charge in [0.1, 0.15) is 5.75 Å². The number of alkyl halides is 1. The van der Waals surface area contributed by atoms with Crippen LogP contribution in [0.3, 0.4) is 0 Å². The number of benzene rings is 1.